The maximum atomic E-state index is 12.6. The van der Waals surface area contributed by atoms with E-state index in [9.17, 15) is 33.5 Å². The molecule has 19 heavy (non-hydrogen) atoms. The number of halogens is 4. The minimum atomic E-state index is -4.78. The monoisotopic (exact) mass is 343 g/mol. The molecule has 0 aromatic heterocycles. The summed E-state index contributed by atoms with van der Waals surface area (Å²) in [5.74, 6) is 0. The van der Waals surface area contributed by atoms with E-state index in [1.165, 1.54) is 0 Å². The van der Waals surface area contributed by atoms with Crippen molar-refractivity contribution >= 4 is 21.6 Å². The molecule has 9 heteroatoms. The second-order valence-electron chi connectivity index (χ2n) is 3.73. The number of hydrogen-bond donors (Lipinski definition) is 2. The molecule has 0 bridgehead atoms. The molecule has 0 amide bonds. The molecule has 2 N–H and O–H groups in total. The molecule has 2 atom stereocenters. The maximum absolute atomic E-state index is 12.6. The maximum Gasteiger partial charge on any atom is 0.416 e. The van der Waals surface area contributed by atoms with Crippen molar-refractivity contribution in [2.75, 3.05) is 5.33 Å². The topological polar surface area (TPSA) is 83.6 Å². The van der Waals surface area contributed by atoms with Gasteiger partial charge in [-0.2, -0.15) is 13.2 Å². The Bertz CT molecular complexity index is 480. The van der Waals surface area contributed by atoms with Crippen LogP contribution >= 0.6 is 15.9 Å². The van der Waals surface area contributed by atoms with Crippen molar-refractivity contribution < 1.29 is 28.3 Å². The Morgan fingerprint density at radius 3 is 2.32 bits per heavy atom. The van der Waals surface area contributed by atoms with Crippen LogP contribution in [0.4, 0.5) is 18.9 Å². The number of aliphatic hydroxyl groups is 2. The summed E-state index contributed by atoms with van der Waals surface area (Å²) < 4.78 is 37.7. The van der Waals surface area contributed by atoms with E-state index >= 15 is 0 Å². The molecule has 0 saturated carbocycles. The zero-order valence-corrected chi connectivity index (χ0v) is 10.8. The highest BCUT2D eigenvalue weighted by atomic mass is 79.9. The fraction of sp³-hybridized carbons (Fsp3) is 0.400. The fourth-order valence-electron chi connectivity index (χ4n) is 1.38. The molecule has 0 aliphatic carbocycles. The average Bonchev–Trinajstić information content (AvgIpc) is 2.35. The molecule has 0 aliphatic heterocycles. The summed E-state index contributed by atoms with van der Waals surface area (Å²) in [4.78, 5) is 9.59. The predicted molar refractivity (Wildman–Crippen MR) is 62.9 cm³/mol. The number of nitro groups is 1. The molecule has 0 fully saturated rings. The predicted octanol–water partition coefficient (Wildman–Crippen LogP) is 2.40. The van der Waals surface area contributed by atoms with E-state index in [-0.39, 0.29) is 10.9 Å². The number of aliphatic hydroxyl groups excluding tert-OH is 2. The zero-order valence-electron chi connectivity index (χ0n) is 9.26. The van der Waals surface area contributed by atoms with Gasteiger partial charge in [-0.3, -0.25) is 10.1 Å². The SMILES string of the molecule is O=[N+]([O-])c1cc(C(O)C(O)CBr)cc(C(F)(F)F)c1. The molecule has 106 valence electrons. The molecule has 0 spiro atoms. The van der Waals surface area contributed by atoms with Crippen molar-refractivity contribution in [1.29, 1.82) is 0 Å². The van der Waals surface area contributed by atoms with Crippen LogP contribution in [0.15, 0.2) is 18.2 Å². The van der Waals surface area contributed by atoms with Gasteiger partial charge in [0.2, 0.25) is 0 Å². The number of benzene rings is 1. The van der Waals surface area contributed by atoms with Gasteiger partial charge in [-0.1, -0.05) is 15.9 Å². The average molecular weight is 344 g/mol. The first-order chi connectivity index (χ1) is 8.66. The molecule has 0 saturated heterocycles. The van der Waals surface area contributed by atoms with E-state index in [1.807, 2.05) is 0 Å². The Labute approximate surface area is 113 Å². The third-order valence-electron chi connectivity index (χ3n) is 2.34. The largest absolute Gasteiger partial charge is 0.416 e. The second-order valence-corrected chi connectivity index (χ2v) is 4.38. The Morgan fingerprint density at radius 2 is 1.89 bits per heavy atom. The lowest BCUT2D eigenvalue weighted by atomic mass is 10.0. The molecule has 0 heterocycles. The van der Waals surface area contributed by atoms with Crippen molar-refractivity contribution in [3.8, 4) is 0 Å². The van der Waals surface area contributed by atoms with Crippen LogP contribution in [-0.2, 0) is 6.18 Å². The Balaban J connectivity index is 3.32. The van der Waals surface area contributed by atoms with Gasteiger partial charge in [0.25, 0.3) is 5.69 Å². The molecule has 1 rings (SSSR count). The first-order valence-electron chi connectivity index (χ1n) is 4.95. The van der Waals surface area contributed by atoms with Crippen molar-refractivity contribution in [2.45, 2.75) is 18.4 Å². The molecule has 2 unspecified atom stereocenters. The molecule has 5 nitrogen and oxygen atoms in total. The van der Waals surface area contributed by atoms with Crippen molar-refractivity contribution in [1.82, 2.24) is 0 Å². The van der Waals surface area contributed by atoms with Gasteiger partial charge in [-0.05, 0) is 11.6 Å². The van der Waals surface area contributed by atoms with Crippen molar-refractivity contribution in [2.24, 2.45) is 0 Å². The molecule has 1 aromatic rings. The van der Waals surface area contributed by atoms with Gasteiger partial charge in [0.15, 0.2) is 0 Å². The van der Waals surface area contributed by atoms with Gasteiger partial charge in [-0.25, -0.2) is 0 Å². The summed E-state index contributed by atoms with van der Waals surface area (Å²) in [5, 5.41) is 29.5. The van der Waals surface area contributed by atoms with Crippen molar-refractivity contribution in [3.05, 3.63) is 39.4 Å². The van der Waals surface area contributed by atoms with E-state index < -0.39 is 34.6 Å². The number of nitro benzene ring substituents is 1. The zero-order chi connectivity index (χ0) is 14.8. The number of hydrogen-bond acceptors (Lipinski definition) is 4. The fourth-order valence-corrected chi connectivity index (χ4v) is 1.74. The van der Waals surface area contributed by atoms with Crippen LogP contribution in [0.5, 0.6) is 0 Å². The number of nitrogens with zero attached hydrogens (tertiary/aromatic N) is 1. The molecule has 0 radical (unpaired) electrons. The third-order valence-corrected chi connectivity index (χ3v) is 3.01. The summed E-state index contributed by atoms with van der Waals surface area (Å²) >= 11 is 2.85. The Morgan fingerprint density at radius 1 is 1.32 bits per heavy atom. The van der Waals surface area contributed by atoms with Crippen LogP contribution in [0.25, 0.3) is 0 Å². The van der Waals surface area contributed by atoms with Crippen LogP contribution in [0.2, 0.25) is 0 Å². The van der Waals surface area contributed by atoms with Crippen LogP contribution in [0, 0.1) is 10.1 Å². The van der Waals surface area contributed by atoms with Crippen LogP contribution in [0.3, 0.4) is 0 Å². The van der Waals surface area contributed by atoms with Crippen molar-refractivity contribution in [3.63, 3.8) is 0 Å². The standard InChI is InChI=1S/C10H9BrF3NO4/c11-4-8(16)9(17)5-1-6(10(12,13)14)3-7(2-5)15(18)19/h1-3,8-9,16-17H,4H2. The van der Waals surface area contributed by atoms with Gasteiger partial charge in [0, 0.05) is 17.5 Å². The van der Waals surface area contributed by atoms with Gasteiger partial charge < -0.3 is 10.2 Å². The van der Waals surface area contributed by atoms with Gasteiger partial charge in [0.05, 0.1) is 16.6 Å². The van der Waals surface area contributed by atoms with E-state index in [1.54, 1.807) is 0 Å². The summed E-state index contributed by atoms with van der Waals surface area (Å²) in [7, 11) is 0. The van der Waals surface area contributed by atoms with Crippen LogP contribution in [-0.4, -0.2) is 26.6 Å². The summed E-state index contributed by atoms with van der Waals surface area (Å²) in [6, 6.07) is 1.74. The Kier molecular flexibility index (Phi) is 4.88. The highest BCUT2D eigenvalue weighted by Crippen LogP contribution is 2.34. The minimum Gasteiger partial charge on any atom is -0.389 e. The lowest BCUT2D eigenvalue weighted by molar-refractivity contribution is -0.385. The smallest absolute Gasteiger partial charge is 0.389 e. The number of alkyl halides is 4. The lowest BCUT2D eigenvalue weighted by Gasteiger charge is -2.17. The Hall–Kier alpha value is -1.19. The quantitative estimate of drug-likeness (QED) is 0.499. The number of non-ortho nitro benzene ring substituents is 1. The summed E-state index contributed by atoms with van der Waals surface area (Å²) in [6.45, 7) is 0. The van der Waals surface area contributed by atoms with Gasteiger partial charge >= 0.3 is 6.18 Å². The second kappa shape index (κ2) is 5.85. The normalized spacial score (nSPS) is 15.1. The number of rotatable bonds is 4. The van der Waals surface area contributed by atoms with E-state index in [2.05, 4.69) is 15.9 Å². The lowest BCUT2D eigenvalue weighted by Crippen LogP contribution is -2.20. The van der Waals surface area contributed by atoms with Crippen LogP contribution in [0.1, 0.15) is 17.2 Å². The van der Waals surface area contributed by atoms with Gasteiger partial charge in [0.1, 0.15) is 6.10 Å². The van der Waals surface area contributed by atoms with E-state index in [0.29, 0.717) is 12.1 Å². The summed E-state index contributed by atoms with van der Waals surface area (Å²) in [6.07, 6.45) is -7.80. The first-order valence-corrected chi connectivity index (χ1v) is 6.07. The minimum absolute atomic E-state index is 0.0851. The first kappa shape index (κ1) is 15.9. The third kappa shape index (κ3) is 3.88. The van der Waals surface area contributed by atoms with Crippen LogP contribution < -0.4 is 0 Å². The van der Waals surface area contributed by atoms with E-state index in [4.69, 9.17) is 0 Å². The molecule has 0 aliphatic rings. The highest BCUT2D eigenvalue weighted by Gasteiger charge is 2.34. The summed E-state index contributed by atoms with van der Waals surface area (Å²) in [5.41, 5.74) is -2.42. The molecule has 1 aromatic carbocycles. The van der Waals surface area contributed by atoms with E-state index in [0.717, 1.165) is 6.07 Å². The molecular weight excluding hydrogens is 335 g/mol. The highest BCUT2D eigenvalue weighted by molar-refractivity contribution is 9.09. The molecular formula is C10H9BrF3NO4. The van der Waals surface area contributed by atoms with Gasteiger partial charge in [-0.15, -0.1) is 0 Å².